The first kappa shape index (κ1) is 15.0. The van der Waals surface area contributed by atoms with E-state index in [9.17, 15) is 18.0 Å². The fraction of sp³-hybridized carbons (Fsp3) is 0.444. The fourth-order valence-corrected chi connectivity index (χ4v) is 1.13. The number of aromatic nitrogens is 2. The van der Waals surface area contributed by atoms with Gasteiger partial charge in [-0.1, -0.05) is 0 Å². The molecule has 106 valence electrons. The van der Waals surface area contributed by atoms with Gasteiger partial charge in [0, 0.05) is 19.3 Å². The molecular formula is C9H10F3N3O4. The van der Waals surface area contributed by atoms with Crippen molar-refractivity contribution < 1.29 is 33.0 Å². The van der Waals surface area contributed by atoms with E-state index >= 15 is 0 Å². The topological polar surface area (TPSA) is 104 Å². The van der Waals surface area contributed by atoms with Crippen LogP contribution in [0.3, 0.4) is 0 Å². The van der Waals surface area contributed by atoms with E-state index in [4.69, 9.17) is 15.0 Å². The van der Waals surface area contributed by atoms with Crippen molar-refractivity contribution in [3.05, 3.63) is 18.2 Å². The van der Waals surface area contributed by atoms with Gasteiger partial charge in [0.2, 0.25) is 0 Å². The summed E-state index contributed by atoms with van der Waals surface area (Å²) in [6.07, 6.45) is -1.96. The molecule has 1 fully saturated rings. The summed E-state index contributed by atoms with van der Waals surface area (Å²) >= 11 is 0. The smallest absolute Gasteiger partial charge is 0.476 e. The summed E-state index contributed by atoms with van der Waals surface area (Å²) in [5.41, 5.74) is 0.113. The summed E-state index contributed by atoms with van der Waals surface area (Å²) < 4.78 is 33.6. The molecule has 7 nitrogen and oxygen atoms in total. The number of nitrogens with zero attached hydrogens (tertiary/aromatic N) is 2. The van der Waals surface area contributed by atoms with Crippen molar-refractivity contribution in [3.63, 3.8) is 0 Å². The van der Waals surface area contributed by atoms with Crippen molar-refractivity contribution >= 4 is 11.9 Å². The minimum Gasteiger partial charge on any atom is -0.476 e. The van der Waals surface area contributed by atoms with E-state index in [0.717, 1.165) is 13.1 Å². The number of carboxylic acid groups (broad SMARTS) is 2. The molecule has 0 unspecified atom stereocenters. The number of imidazole rings is 1. The van der Waals surface area contributed by atoms with Crippen molar-refractivity contribution in [1.82, 2.24) is 14.9 Å². The van der Waals surface area contributed by atoms with Crippen molar-refractivity contribution in [3.8, 4) is 0 Å². The Labute approximate surface area is 104 Å². The van der Waals surface area contributed by atoms with Crippen LogP contribution >= 0.6 is 0 Å². The fourth-order valence-electron chi connectivity index (χ4n) is 1.13. The van der Waals surface area contributed by atoms with E-state index in [1.54, 1.807) is 12.5 Å². The average Bonchev–Trinajstić information content (AvgIpc) is 2.63. The Balaban J connectivity index is 0.000000224. The minimum atomic E-state index is -5.08. The van der Waals surface area contributed by atoms with Crippen LogP contribution in [0.2, 0.25) is 0 Å². The van der Waals surface area contributed by atoms with Crippen LogP contribution in [-0.2, 0) is 4.79 Å². The number of aliphatic carboxylic acids is 1. The number of halogens is 3. The first-order valence-corrected chi connectivity index (χ1v) is 4.99. The first-order valence-electron chi connectivity index (χ1n) is 4.99. The third-order valence-corrected chi connectivity index (χ3v) is 2.24. The van der Waals surface area contributed by atoms with Gasteiger partial charge in [-0.3, -0.25) is 0 Å². The van der Waals surface area contributed by atoms with Gasteiger partial charge in [-0.25, -0.2) is 14.6 Å². The Bertz CT molecular complexity index is 468. The van der Waals surface area contributed by atoms with Crippen LogP contribution in [0.5, 0.6) is 0 Å². The number of hydrogen-bond acceptors (Lipinski definition) is 4. The molecule has 0 saturated carbocycles. The van der Waals surface area contributed by atoms with Crippen LogP contribution in [0, 0.1) is 0 Å². The second kappa shape index (κ2) is 5.69. The Kier molecular flexibility index (Phi) is 4.48. The molecule has 0 atom stereocenters. The first-order chi connectivity index (χ1) is 8.71. The molecule has 1 saturated heterocycles. The van der Waals surface area contributed by atoms with Gasteiger partial charge in [0.15, 0.2) is 5.69 Å². The number of hydrogen-bond donors (Lipinski definition) is 3. The van der Waals surface area contributed by atoms with Crippen molar-refractivity contribution in [2.75, 3.05) is 13.1 Å². The van der Waals surface area contributed by atoms with Gasteiger partial charge in [-0.2, -0.15) is 13.2 Å². The molecule has 0 bridgehead atoms. The lowest BCUT2D eigenvalue weighted by atomic mass is 10.2. The molecule has 0 amide bonds. The number of carbonyl (C=O) groups is 2. The molecule has 2 heterocycles. The highest BCUT2D eigenvalue weighted by Crippen LogP contribution is 2.13. The van der Waals surface area contributed by atoms with Crippen molar-refractivity contribution in [2.24, 2.45) is 0 Å². The highest BCUT2D eigenvalue weighted by atomic mass is 19.4. The molecule has 0 radical (unpaired) electrons. The summed E-state index contributed by atoms with van der Waals surface area (Å²) in [7, 11) is 0. The zero-order valence-corrected chi connectivity index (χ0v) is 9.39. The number of aromatic carboxylic acids is 1. The van der Waals surface area contributed by atoms with Crippen LogP contribution in [-0.4, -0.2) is 51.0 Å². The lowest BCUT2D eigenvalue weighted by molar-refractivity contribution is -0.192. The Morgan fingerprint density at radius 3 is 2.16 bits per heavy atom. The molecule has 19 heavy (non-hydrogen) atoms. The van der Waals surface area contributed by atoms with Gasteiger partial charge in [0.05, 0.1) is 12.4 Å². The van der Waals surface area contributed by atoms with Gasteiger partial charge in [-0.05, 0) is 0 Å². The van der Waals surface area contributed by atoms with Crippen LogP contribution in [0.4, 0.5) is 13.2 Å². The van der Waals surface area contributed by atoms with E-state index in [1.165, 1.54) is 0 Å². The molecule has 0 spiro atoms. The molecule has 0 aromatic carbocycles. The Hall–Kier alpha value is -2.10. The third-order valence-electron chi connectivity index (χ3n) is 2.24. The summed E-state index contributed by atoms with van der Waals surface area (Å²) in [6.45, 7) is 1.80. The lowest BCUT2D eigenvalue weighted by Gasteiger charge is -2.27. The number of rotatable bonds is 2. The van der Waals surface area contributed by atoms with Gasteiger partial charge >= 0.3 is 18.1 Å². The Morgan fingerprint density at radius 1 is 1.37 bits per heavy atom. The van der Waals surface area contributed by atoms with Crippen LogP contribution in [0.15, 0.2) is 12.5 Å². The quantitative estimate of drug-likeness (QED) is 0.723. The number of nitrogens with one attached hydrogen (secondary N) is 1. The SMILES string of the molecule is O=C(O)C(F)(F)F.O=C(O)c1cn(C2CNC2)cn1. The molecular weight excluding hydrogens is 271 g/mol. The second-order valence-corrected chi connectivity index (χ2v) is 3.63. The van der Waals surface area contributed by atoms with Crippen LogP contribution in [0.25, 0.3) is 0 Å². The molecule has 1 aliphatic heterocycles. The van der Waals surface area contributed by atoms with Crippen molar-refractivity contribution in [1.29, 1.82) is 0 Å². The average molecular weight is 281 g/mol. The summed E-state index contributed by atoms with van der Waals surface area (Å²) in [4.78, 5) is 23.1. The zero-order chi connectivity index (χ0) is 14.6. The predicted molar refractivity (Wildman–Crippen MR) is 54.8 cm³/mol. The van der Waals surface area contributed by atoms with Gasteiger partial charge < -0.3 is 20.1 Å². The van der Waals surface area contributed by atoms with E-state index in [0.29, 0.717) is 6.04 Å². The molecule has 2 rings (SSSR count). The summed E-state index contributed by atoms with van der Waals surface area (Å²) in [5.74, 6) is -3.73. The van der Waals surface area contributed by atoms with E-state index in [1.807, 2.05) is 4.57 Å². The molecule has 1 aliphatic rings. The third kappa shape index (κ3) is 4.25. The van der Waals surface area contributed by atoms with Gasteiger partial charge in [0.1, 0.15) is 0 Å². The van der Waals surface area contributed by atoms with Crippen LogP contribution < -0.4 is 5.32 Å². The molecule has 1 aromatic heterocycles. The highest BCUT2D eigenvalue weighted by Gasteiger charge is 2.38. The van der Waals surface area contributed by atoms with E-state index in [2.05, 4.69) is 10.3 Å². The maximum Gasteiger partial charge on any atom is 0.490 e. The maximum atomic E-state index is 10.6. The molecule has 1 aromatic rings. The molecule has 10 heteroatoms. The predicted octanol–water partition coefficient (Wildman–Crippen LogP) is 0.359. The van der Waals surface area contributed by atoms with Gasteiger partial charge in [-0.15, -0.1) is 0 Å². The van der Waals surface area contributed by atoms with Crippen molar-refractivity contribution in [2.45, 2.75) is 12.2 Å². The monoisotopic (exact) mass is 281 g/mol. The largest absolute Gasteiger partial charge is 0.490 e. The normalized spacial score (nSPS) is 15.1. The standard InChI is InChI=1S/C7H9N3O2.C2HF3O2/c11-7(12)6-3-10(4-9-6)5-1-8-2-5;3-2(4,5)1(6)7/h3-5,8H,1-2H2,(H,11,12);(H,6,7). The molecule has 0 aliphatic carbocycles. The molecule has 3 N–H and O–H groups in total. The minimum absolute atomic E-state index is 0.113. The van der Waals surface area contributed by atoms with E-state index < -0.39 is 18.1 Å². The van der Waals surface area contributed by atoms with E-state index in [-0.39, 0.29) is 5.69 Å². The summed E-state index contributed by atoms with van der Waals surface area (Å²) in [5, 5.41) is 18.8. The summed E-state index contributed by atoms with van der Waals surface area (Å²) in [6, 6.07) is 0.380. The zero-order valence-electron chi connectivity index (χ0n) is 9.39. The second-order valence-electron chi connectivity index (χ2n) is 3.63. The van der Waals surface area contributed by atoms with Gasteiger partial charge in [0.25, 0.3) is 0 Å². The number of alkyl halides is 3. The number of carboxylic acids is 2. The van der Waals surface area contributed by atoms with Crippen LogP contribution in [0.1, 0.15) is 16.5 Å². The highest BCUT2D eigenvalue weighted by molar-refractivity contribution is 5.84. The maximum absolute atomic E-state index is 10.6. The lowest BCUT2D eigenvalue weighted by Crippen LogP contribution is -2.42. The Morgan fingerprint density at radius 2 is 1.89 bits per heavy atom.